The van der Waals surface area contributed by atoms with Crippen molar-refractivity contribution in [2.75, 3.05) is 33.3 Å². The summed E-state index contributed by atoms with van der Waals surface area (Å²) in [6.07, 6.45) is 0. The maximum Gasteiger partial charge on any atom is 0.330 e. The molecule has 110 valence electrons. The van der Waals surface area contributed by atoms with Gasteiger partial charge in [0.05, 0.1) is 7.11 Å². The van der Waals surface area contributed by atoms with Crippen LogP contribution in [0.2, 0.25) is 5.02 Å². The molecule has 1 N–H and O–H groups in total. The Morgan fingerprint density at radius 1 is 1.45 bits per heavy atom. The van der Waals surface area contributed by atoms with Gasteiger partial charge in [-0.3, -0.25) is 4.90 Å². The lowest BCUT2D eigenvalue weighted by Gasteiger charge is -2.41. The first-order chi connectivity index (χ1) is 9.50. The minimum atomic E-state index is -0.866. The standard InChI is InChI=1S/C14H18BrClN2O2/c1-14(13(19)20-2,18-7-5-17-6-8-18)11-4-3-10(15)9-12(11)16/h3-4,9,17H,5-8H2,1-2H3. The summed E-state index contributed by atoms with van der Waals surface area (Å²) in [5.74, 6) is -0.288. The quantitative estimate of drug-likeness (QED) is 0.840. The number of carbonyl (C=O) groups excluding carboxylic acids is 1. The van der Waals surface area contributed by atoms with Gasteiger partial charge < -0.3 is 10.1 Å². The first-order valence-corrected chi connectivity index (χ1v) is 7.67. The van der Waals surface area contributed by atoms with Crippen molar-refractivity contribution in [2.45, 2.75) is 12.5 Å². The summed E-state index contributed by atoms with van der Waals surface area (Å²) < 4.78 is 5.92. The first kappa shape index (κ1) is 15.8. The molecule has 2 rings (SSSR count). The molecule has 1 unspecified atom stereocenters. The molecule has 0 amide bonds. The summed E-state index contributed by atoms with van der Waals surface area (Å²) in [4.78, 5) is 14.5. The van der Waals surface area contributed by atoms with Crippen LogP contribution in [0.1, 0.15) is 12.5 Å². The second-order valence-corrected chi connectivity index (χ2v) is 6.25. The van der Waals surface area contributed by atoms with Crippen molar-refractivity contribution in [3.8, 4) is 0 Å². The third kappa shape index (κ3) is 2.86. The van der Waals surface area contributed by atoms with Gasteiger partial charge in [-0.05, 0) is 19.1 Å². The number of ether oxygens (including phenoxy) is 1. The van der Waals surface area contributed by atoms with E-state index >= 15 is 0 Å². The molecule has 0 aromatic heterocycles. The van der Waals surface area contributed by atoms with Crippen molar-refractivity contribution in [1.82, 2.24) is 10.2 Å². The van der Waals surface area contributed by atoms with Crippen molar-refractivity contribution in [3.05, 3.63) is 33.3 Å². The van der Waals surface area contributed by atoms with Gasteiger partial charge in [-0.25, -0.2) is 4.79 Å². The zero-order valence-corrected chi connectivity index (χ0v) is 13.9. The molecule has 20 heavy (non-hydrogen) atoms. The highest BCUT2D eigenvalue weighted by Gasteiger charge is 2.44. The number of rotatable bonds is 3. The van der Waals surface area contributed by atoms with Gasteiger partial charge in [0.2, 0.25) is 0 Å². The maximum absolute atomic E-state index is 12.4. The molecular formula is C14H18BrClN2O2. The van der Waals surface area contributed by atoms with Gasteiger partial charge in [0.15, 0.2) is 0 Å². The Bertz CT molecular complexity index is 506. The number of nitrogens with zero attached hydrogens (tertiary/aromatic N) is 1. The maximum atomic E-state index is 12.4. The van der Waals surface area contributed by atoms with Crippen LogP contribution in [0.15, 0.2) is 22.7 Å². The van der Waals surface area contributed by atoms with Crippen LogP contribution in [-0.4, -0.2) is 44.2 Å². The molecule has 0 radical (unpaired) electrons. The fraction of sp³-hybridized carbons (Fsp3) is 0.500. The molecule has 0 bridgehead atoms. The molecule has 0 spiro atoms. The lowest BCUT2D eigenvalue weighted by Crippen LogP contribution is -2.57. The SMILES string of the molecule is COC(=O)C(C)(c1ccc(Br)cc1Cl)N1CCNCC1. The summed E-state index contributed by atoms with van der Waals surface area (Å²) in [6, 6.07) is 5.58. The van der Waals surface area contributed by atoms with E-state index in [1.165, 1.54) is 7.11 Å². The summed E-state index contributed by atoms with van der Waals surface area (Å²) in [5, 5.41) is 3.85. The molecule has 4 nitrogen and oxygen atoms in total. The van der Waals surface area contributed by atoms with Gasteiger partial charge in [0, 0.05) is 41.2 Å². The Morgan fingerprint density at radius 3 is 2.65 bits per heavy atom. The van der Waals surface area contributed by atoms with Crippen LogP contribution < -0.4 is 5.32 Å². The van der Waals surface area contributed by atoms with Crippen LogP contribution in [-0.2, 0) is 15.1 Å². The zero-order valence-electron chi connectivity index (χ0n) is 11.6. The average molecular weight is 362 g/mol. The number of hydrogen-bond donors (Lipinski definition) is 1. The highest BCUT2D eigenvalue weighted by atomic mass is 79.9. The van der Waals surface area contributed by atoms with Gasteiger partial charge in [0.1, 0.15) is 5.54 Å². The predicted octanol–water partition coefficient (Wildman–Crippen LogP) is 2.40. The summed E-state index contributed by atoms with van der Waals surface area (Å²) in [7, 11) is 1.41. The monoisotopic (exact) mass is 360 g/mol. The minimum absolute atomic E-state index is 0.288. The van der Waals surface area contributed by atoms with E-state index in [1.54, 1.807) is 6.07 Å². The molecule has 1 aliphatic rings. The van der Waals surface area contributed by atoms with Gasteiger partial charge in [-0.15, -0.1) is 0 Å². The van der Waals surface area contributed by atoms with Crippen LogP contribution in [0.3, 0.4) is 0 Å². The molecule has 1 aromatic rings. The highest BCUT2D eigenvalue weighted by molar-refractivity contribution is 9.10. The Balaban J connectivity index is 2.47. The Morgan fingerprint density at radius 2 is 2.10 bits per heavy atom. The fourth-order valence-electron chi connectivity index (χ4n) is 2.60. The van der Waals surface area contributed by atoms with Crippen molar-refractivity contribution in [1.29, 1.82) is 0 Å². The van der Waals surface area contributed by atoms with Crippen LogP contribution >= 0.6 is 27.5 Å². The van der Waals surface area contributed by atoms with Crippen LogP contribution in [0.25, 0.3) is 0 Å². The molecule has 0 aliphatic carbocycles. The van der Waals surface area contributed by atoms with E-state index in [4.69, 9.17) is 16.3 Å². The number of benzene rings is 1. The third-order valence-corrected chi connectivity index (χ3v) is 4.59. The highest BCUT2D eigenvalue weighted by Crippen LogP contribution is 2.36. The second kappa shape index (κ2) is 6.43. The van der Waals surface area contributed by atoms with Gasteiger partial charge >= 0.3 is 5.97 Å². The Labute approximate surface area is 132 Å². The minimum Gasteiger partial charge on any atom is -0.467 e. The van der Waals surface area contributed by atoms with E-state index in [9.17, 15) is 4.79 Å². The number of methoxy groups -OCH3 is 1. The van der Waals surface area contributed by atoms with Crippen molar-refractivity contribution >= 4 is 33.5 Å². The first-order valence-electron chi connectivity index (χ1n) is 6.50. The number of piperazine rings is 1. The van der Waals surface area contributed by atoms with E-state index in [0.29, 0.717) is 5.02 Å². The third-order valence-electron chi connectivity index (χ3n) is 3.79. The molecule has 1 heterocycles. The summed E-state index contributed by atoms with van der Waals surface area (Å²) in [6.45, 7) is 5.12. The topological polar surface area (TPSA) is 41.6 Å². The number of hydrogen-bond acceptors (Lipinski definition) is 4. The lowest BCUT2D eigenvalue weighted by molar-refractivity contribution is -0.155. The average Bonchev–Trinajstić information content (AvgIpc) is 2.46. The van der Waals surface area contributed by atoms with E-state index in [0.717, 1.165) is 36.2 Å². The Kier molecular flexibility index (Phi) is 5.07. The van der Waals surface area contributed by atoms with E-state index < -0.39 is 5.54 Å². The zero-order chi connectivity index (χ0) is 14.8. The molecular weight excluding hydrogens is 344 g/mol. The Hall–Kier alpha value is -0.620. The van der Waals surface area contributed by atoms with E-state index in [1.807, 2.05) is 19.1 Å². The predicted molar refractivity (Wildman–Crippen MR) is 83.0 cm³/mol. The number of halogens is 2. The number of esters is 1. The van der Waals surface area contributed by atoms with Crippen molar-refractivity contribution in [3.63, 3.8) is 0 Å². The van der Waals surface area contributed by atoms with Crippen molar-refractivity contribution < 1.29 is 9.53 Å². The van der Waals surface area contributed by atoms with Crippen LogP contribution in [0, 0.1) is 0 Å². The lowest BCUT2D eigenvalue weighted by atomic mass is 9.89. The molecule has 6 heteroatoms. The van der Waals surface area contributed by atoms with Crippen LogP contribution in [0.4, 0.5) is 0 Å². The smallest absolute Gasteiger partial charge is 0.330 e. The second-order valence-electron chi connectivity index (χ2n) is 4.93. The molecule has 1 aliphatic heterocycles. The molecule has 1 aromatic carbocycles. The molecule has 1 fully saturated rings. The van der Waals surface area contributed by atoms with E-state index in [2.05, 4.69) is 26.1 Å². The molecule has 1 atom stereocenters. The molecule has 1 saturated heterocycles. The number of carbonyl (C=O) groups is 1. The fourth-order valence-corrected chi connectivity index (χ4v) is 3.46. The van der Waals surface area contributed by atoms with Gasteiger partial charge in [-0.2, -0.15) is 0 Å². The van der Waals surface area contributed by atoms with Gasteiger partial charge in [0.25, 0.3) is 0 Å². The van der Waals surface area contributed by atoms with Crippen molar-refractivity contribution in [2.24, 2.45) is 0 Å². The van der Waals surface area contributed by atoms with Crippen LogP contribution in [0.5, 0.6) is 0 Å². The van der Waals surface area contributed by atoms with Gasteiger partial charge in [-0.1, -0.05) is 33.6 Å². The summed E-state index contributed by atoms with van der Waals surface area (Å²) in [5.41, 5.74) is -0.0923. The number of nitrogens with one attached hydrogen (secondary N) is 1. The normalized spacial score (nSPS) is 19.4. The largest absolute Gasteiger partial charge is 0.467 e. The summed E-state index contributed by atoms with van der Waals surface area (Å²) >= 11 is 9.74. The molecule has 0 saturated carbocycles. The van der Waals surface area contributed by atoms with E-state index in [-0.39, 0.29) is 5.97 Å².